The first-order valence-electron chi connectivity index (χ1n) is 7.91. The van der Waals surface area contributed by atoms with E-state index in [1.165, 1.54) is 13.8 Å². The van der Waals surface area contributed by atoms with Crippen molar-refractivity contribution >= 4 is 24.3 Å². The first-order valence-corrected chi connectivity index (χ1v) is 7.91. The molecule has 0 aromatic carbocycles. The van der Waals surface area contributed by atoms with E-state index in [0.717, 1.165) is 25.6 Å². The standard InChI is InChI=1S/C16H23NO6.ClH/c1-9-13(18)23-11-5-7-17-6-4-10(12(11)17)8-22-14(19)16(3,21)15(9,2)20;/h4,9,11-12,20-21H,5-8H2,1-3H3;1H/t9-,11+,12+,15+,16-;/m0./s1. The van der Waals surface area contributed by atoms with Gasteiger partial charge in [0.25, 0.3) is 0 Å². The normalized spacial score (nSPS) is 43.0. The molecule has 8 heteroatoms. The Hall–Kier alpha value is -1.15. The molecule has 3 rings (SSSR count). The van der Waals surface area contributed by atoms with E-state index in [4.69, 9.17) is 9.47 Å². The quantitative estimate of drug-likeness (QED) is 0.464. The predicted octanol–water partition coefficient (Wildman–Crippen LogP) is 0.0292. The van der Waals surface area contributed by atoms with Gasteiger partial charge >= 0.3 is 11.9 Å². The number of esters is 2. The van der Waals surface area contributed by atoms with Crippen molar-refractivity contribution in [3.8, 4) is 0 Å². The largest absolute Gasteiger partial charge is 0.460 e. The van der Waals surface area contributed by atoms with Crippen molar-refractivity contribution in [1.82, 2.24) is 4.90 Å². The minimum absolute atomic E-state index is 0. The average molecular weight is 362 g/mol. The molecule has 2 N–H and O–H groups in total. The number of aliphatic hydroxyl groups is 2. The van der Waals surface area contributed by atoms with Gasteiger partial charge in [-0.15, -0.1) is 12.4 Å². The maximum absolute atomic E-state index is 12.4. The Bertz CT molecular complexity index is 573. The summed E-state index contributed by atoms with van der Waals surface area (Å²) in [5, 5.41) is 21.1. The van der Waals surface area contributed by atoms with Crippen LogP contribution in [0, 0.1) is 5.92 Å². The van der Waals surface area contributed by atoms with Crippen molar-refractivity contribution in [1.29, 1.82) is 0 Å². The summed E-state index contributed by atoms with van der Waals surface area (Å²) in [6.45, 7) is 5.41. The maximum atomic E-state index is 12.4. The van der Waals surface area contributed by atoms with Crippen LogP contribution in [0.25, 0.3) is 0 Å². The molecule has 2 fully saturated rings. The van der Waals surface area contributed by atoms with Crippen LogP contribution < -0.4 is 0 Å². The fraction of sp³-hybridized carbons (Fsp3) is 0.750. The number of hydrogen-bond acceptors (Lipinski definition) is 7. The van der Waals surface area contributed by atoms with Crippen LogP contribution in [0.3, 0.4) is 0 Å². The Kier molecular flexibility index (Phi) is 5.03. The second-order valence-corrected chi connectivity index (χ2v) is 7.00. The van der Waals surface area contributed by atoms with Gasteiger partial charge in [-0.05, 0) is 32.8 Å². The molecule has 0 spiro atoms. The van der Waals surface area contributed by atoms with Gasteiger partial charge < -0.3 is 19.7 Å². The van der Waals surface area contributed by atoms with Crippen LogP contribution in [0.15, 0.2) is 11.6 Å². The van der Waals surface area contributed by atoms with Crippen LogP contribution in [0.5, 0.6) is 0 Å². The van der Waals surface area contributed by atoms with E-state index >= 15 is 0 Å². The molecule has 0 aliphatic carbocycles. The Balaban J connectivity index is 0.00000208. The van der Waals surface area contributed by atoms with E-state index < -0.39 is 29.1 Å². The molecule has 0 saturated carbocycles. The van der Waals surface area contributed by atoms with Gasteiger partial charge in [0.1, 0.15) is 18.3 Å². The Morgan fingerprint density at radius 3 is 2.62 bits per heavy atom. The van der Waals surface area contributed by atoms with Crippen molar-refractivity contribution < 1.29 is 29.3 Å². The van der Waals surface area contributed by atoms with Crippen LogP contribution >= 0.6 is 12.4 Å². The lowest BCUT2D eigenvalue weighted by Crippen LogP contribution is -2.61. The molecule has 3 aliphatic rings. The van der Waals surface area contributed by atoms with Gasteiger partial charge in [0.05, 0.1) is 12.0 Å². The van der Waals surface area contributed by atoms with Gasteiger partial charge in [-0.1, -0.05) is 6.08 Å². The van der Waals surface area contributed by atoms with Gasteiger partial charge in [-0.3, -0.25) is 9.69 Å². The van der Waals surface area contributed by atoms with Crippen LogP contribution in [0.2, 0.25) is 0 Å². The maximum Gasteiger partial charge on any atom is 0.341 e. The second-order valence-electron chi connectivity index (χ2n) is 7.00. The predicted molar refractivity (Wildman–Crippen MR) is 86.6 cm³/mol. The summed E-state index contributed by atoms with van der Waals surface area (Å²) in [7, 11) is 0. The van der Waals surface area contributed by atoms with Crippen molar-refractivity contribution in [3.05, 3.63) is 11.6 Å². The zero-order valence-corrected chi connectivity index (χ0v) is 14.8. The molecule has 24 heavy (non-hydrogen) atoms. The van der Waals surface area contributed by atoms with E-state index in [0.29, 0.717) is 6.42 Å². The van der Waals surface area contributed by atoms with Crippen molar-refractivity contribution in [2.45, 2.75) is 50.5 Å². The number of ether oxygens (including phenoxy) is 2. The SMILES string of the molecule is C[C@H]1C(=O)O[C@@H]2CCN3CC=C(COC(=O)[C@](C)(O)[C@]1(C)O)[C@H]23.Cl. The van der Waals surface area contributed by atoms with Crippen LogP contribution in [-0.4, -0.2) is 70.1 Å². The molecule has 0 unspecified atom stereocenters. The molecule has 0 aromatic rings. The number of halogens is 1. The highest BCUT2D eigenvalue weighted by Gasteiger charge is 2.56. The Morgan fingerprint density at radius 2 is 1.96 bits per heavy atom. The highest BCUT2D eigenvalue weighted by molar-refractivity contribution is 5.85. The third-order valence-electron chi connectivity index (χ3n) is 5.63. The molecule has 3 heterocycles. The van der Waals surface area contributed by atoms with Gasteiger partial charge in [0.15, 0.2) is 5.60 Å². The first kappa shape index (κ1) is 19.2. The van der Waals surface area contributed by atoms with E-state index in [9.17, 15) is 19.8 Å². The van der Waals surface area contributed by atoms with E-state index in [2.05, 4.69) is 4.90 Å². The second kappa shape index (κ2) is 6.29. The summed E-state index contributed by atoms with van der Waals surface area (Å²) >= 11 is 0. The molecule has 2 saturated heterocycles. The first-order chi connectivity index (χ1) is 10.7. The number of carbonyl (C=O) groups is 2. The van der Waals surface area contributed by atoms with Gasteiger partial charge in [-0.25, -0.2) is 4.79 Å². The lowest BCUT2D eigenvalue weighted by atomic mass is 9.76. The lowest BCUT2D eigenvalue weighted by molar-refractivity contribution is -0.205. The number of hydrogen-bond donors (Lipinski definition) is 2. The molecule has 5 atom stereocenters. The van der Waals surface area contributed by atoms with Crippen molar-refractivity contribution in [2.75, 3.05) is 19.7 Å². The molecule has 0 radical (unpaired) electrons. The minimum atomic E-state index is -2.22. The topological polar surface area (TPSA) is 96.3 Å². The summed E-state index contributed by atoms with van der Waals surface area (Å²) < 4.78 is 10.8. The van der Waals surface area contributed by atoms with Crippen molar-refractivity contribution in [3.63, 3.8) is 0 Å². The van der Waals surface area contributed by atoms with E-state index in [-0.39, 0.29) is 31.2 Å². The van der Waals surface area contributed by atoms with E-state index in [1.54, 1.807) is 0 Å². The molecular weight excluding hydrogens is 338 g/mol. The monoisotopic (exact) mass is 361 g/mol. The fourth-order valence-corrected chi connectivity index (χ4v) is 3.52. The number of carbonyl (C=O) groups excluding carboxylic acids is 2. The number of rotatable bonds is 0. The zero-order chi connectivity index (χ0) is 17.0. The summed E-state index contributed by atoms with van der Waals surface area (Å²) in [5.74, 6) is -2.65. The Morgan fingerprint density at radius 1 is 1.29 bits per heavy atom. The van der Waals surface area contributed by atoms with E-state index in [1.807, 2.05) is 6.08 Å². The van der Waals surface area contributed by atoms with Crippen LogP contribution in [0.4, 0.5) is 0 Å². The third kappa shape index (κ3) is 2.73. The number of nitrogens with zero attached hydrogens (tertiary/aromatic N) is 1. The third-order valence-corrected chi connectivity index (χ3v) is 5.63. The molecule has 7 nitrogen and oxygen atoms in total. The average Bonchev–Trinajstić information content (AvgIpc) is 3.06. The van der Waals surface area contributed by atoms with Crippen molar-refractivity contribution in [2.24, 2.45) is 5.92 Å². The molecule has 136 valence electrons. The molecule has 0 aromatic heterocycles. The van der Waals surface area contributed by atoms with Gasteiger partial charge in [0, 0.05) is 13.1 Å². The summed E-state index contributed by atoms with van der Waals surface area (Å²) in [6, 6.07) is -0.0908. The van der Waals surface area contributed by atoms with Crippen LogP contribution in [0.1, 0.15) is 27.2 Å². The molecule has 0 bridgehead atoms. The fourth-order valence-electron chi connectivity index (χ4n) is 3.52. The summed E-state index contributed by atoms with van der Waals surface area (Å²) in [5.41, 5.74) is -3.35. The molecular formula is C16H24ClNO6. The Labute approximate surface area is 147 Å². The highest BCUT2D eigenvalue weighted by Crippen LogP contribution is 2.36. The number of cyclic esters (lactones) is 1. The van der Waals surface area contributed by atoms with Gasteiger partial charge in [0.2, 0.25) is 0 Å². The lowest BCUT2D eigenvalue weighted by Gasteiger charge is -2.39. The zero-order valence-electron chi connectivity index (χ0n) is 14.0. The summed E-state index contributed by atoms with van der Waals surface area (Å²) in [6.07, 6.45) is 2.34. The highest BCUT2D eigenvalue weighted by atomic mass is 35.5. The minimum Gasteiger partial charge on any atom is -0.460 e. The smallest absolute Gasteiger partial charge is 0.341 e. The summed E-state index contributed by atoms with van der Waals surface area (Å²) in [4.78, 5) is 26.9. The van der Waals surface area contributed by atoms with Gasteiger partial charge in [-0.2, -0.15) is 0 Å². The van der Waals surface area contributed by atoms with Crippen LogP contribution in [-0.2, 0) is 19.1 Å². The molecule has 0 amide bonds. The molecule has 3 aliphatic heterocycles.